The number of aryl methyl sites for hydroxylation is 1. The minimum Gasteiger partial charge on any atom is -0.357 e. The lowest BCUT2D eigenvalue weighted by atomic mass is 9.78. The highest BCUT2D eigenvalue weighted by Crippen LogP contribution is 2.49. The average molecular weight is 511 g/mol. The number of ketones is 1. The number of benzene rings is 3. The molecular formula is C28H22ClF3N2O2. The van der Waals surface area contributed by atoms with E-state index >= 15 is 0 Å². The molecule has 2 atom stereocenters. The van der Waals surface area contributed by atoms with E-state index in [1.807, 2.05) is 31.2 Å². The third-order valence-corrected chi connectivity index (χ3v) is 7.04. The summed E-state index contributed by atoms with van der Waals surface area (Å²) in [5.74, 6) is -2.55. The van der Waals surface area contributed by atoms with Crippen molar-refractivity contribution < 1.29 is 22.8 Å². The summed E-state index contributed by atoms with van der Waals surface area (Å²) in [5.41, 5.74) is 3.27. The van der Waals surface area contributed by atoms with Gasteiger partial charge < -0.3 is 5.32 Å². The van der Waals surface area contributed by atoms with Crippen molar-refractivity contribution in [2.45, 2.75) is 37.9 Å². The summed E-state index contributed by atoms with van der Waals surface area (Å²) in [6, 6.07) is 19.2. The lowest BCUT2D eigenvalue weighted by molar-refractivity contribution is -0.170. The molecule has 0 fully saturated rings. The quantitative estimate of drug-likeness (QED) is 0.399. The van der Waals surface area contributed by atoms with Crippen LogP contribution in [-0.2, 0) is 9.59 Å². The summed E-state index contributed by atoms with van der Waals surface area (Å²) in [4.78, 5) is 27.3. The molecule has 0 spiro atoms. The fourth-order valence-electron chi connectivity index (χ4n) is 5.02. The first-order valence-corrected chi connectivity index (χ1v) is 11.9. The highest BCUT2D eigenvalue weighted by atomic mass is 35.5. The van der Waals surface area contributed by atoms with Gasteiger partial charge in [0.25, 0.3) is 0 Å². The Kier molecular flexibility index (Phi) is 6.12. The Labute approximate surface area is 211 Å². The molecular weight excluding hydrogens is 489 g/mol. The number of fused-ring (bicyclic) bond motifs is 1. The normalized spacial score (nSPS) is 19.8. The zero-order valence-electron chi connectivity index (χ0n) is 19.3. The predicted octanol–water partition coefficient (Wildman–Crippen LogP) is 7.11. The Morgan fingerprint density at radius 3 is 2.33 bits per heavy atom. The van der Waals surface area contributed by atoms with Crippen LogP contribution in [0, 0.1) is 6.92 Å². The third kappa shape index (κ3) is 4.28. The molecule has 36 heavy (non-hydrogen) atoms. The minimum atomic E-state index is -5.17. The Balaban J connectivity index is 1.74. The summed E-state index contributed by atoms with van der Waals surface area (Å²) in [5, 5.41) is 3.38. The molecule has 4 nitrogen and oxygen atoms in total. The largest absolute Gasteiger partial charge is 0.471 e. The van der Waals surface area contributed by atoms with E-state index in [0.717, 1.165) is 11.1 Å². The number of hydrogen-bond acceptors (Lipinski definition) is 3. The molecule has 0 saturated carbocycles. The average Bonchev–Trinajstić information content (AvgIpc) is 2.98. The Hall–Kier alpha value is -3.58. The summed E-state index contributed by atoms with van der Waals surface area (Å²) in [7, 11) is 0. The van der Waals surface area contributed by atoms with Gasteiger partial charge in [0.2, 0.25) is 0 Å². The van der Waals surface area contributed by atoms with Crippen LogP contribution in [0.1, 0.15) is 41.5 Å². The molecule has 5 rings (SSSR count). The number of carbonyl (C=O) groups is 2. The highest BCUT2D eigenvalue weighted by Gasteiger charge is 2.50. The Bertz CT molecular complexity index is 1380. The standard InChI is InChI=1S/C28H22ClF3N2O2/c1-16-10-12-17(13-11-16)18-14-22-25(24(35)15-18)26(19-6-2-3-7-20(19)29)34(27(36)28(30,31)32)23-9-5-4-8-21(23)33-22/h2-13,18,26,33H,14-15H2,1H3/t18-,26-/m1/s1. The van der Waals surface area contributed by atoms with E-state index < -0.39 is 18.1 Å². The topological polar surface area (TPSA) is 49.4 Å². The number of hydrogen-bond donors (Lipinski definition) is 1. The molecule has 1 amide bonds. The number of carbonyl (C=O) groups excluding carboxylic acids is 2. The van der Waals surface area contributed by atoms with Crippen LogP contribution >= 0.6 is 11.6 Å². The van der Waals surface area contributed by atoms with E-state index in [1.165, 1.54) is 6.07 Å². The number of alkyl halides is 3. The van der Waals surface area contributed by atoms with Crippen molar-refractivity contribution in [1.82, 2.24) is 0 Å². The smallest absolute Gasteiger partial charge is 0.357 e. The van der Waals surface area contributed by atoms with Crippen LogP contribution in [0.4, 0.5) is 24.5 Å². The van der Waals surface area contributed by atoms with Gasteiger partial charge in [0.15, 0.2) is 5.78 Å². The minimum absolute atomic E-state index is 0.0267. The van der Waals surface area contributed by atoms with Crippen molar-refractivity contribution >= 4 is 34.7 Å². The van der Waals surface area contributed by atoms with Crippen molar-refractivity contribution in [3.05, 3.63) is 106 Å². The first kappa shape index (κ1) is 24.1. The molecule has 0 radical (unpaired) electrons. The molecule has 8 heteroatoms. The summed E-state index contributed by atoms with van der Waals surface area (Å²) in [6.45, 7) is 1.97. The zero-order valence-corrected chi connectivity index (χ0v) is 20.0. The molecule has 3 aromatic carbocycles. The number of rotatable bonds is 2. The van der Waals surface area contributed by atoms with Crippen LogP contribution < -0.4 is 10.2 Å². The van der Waals surface area contributed by atoms with Gasteiger partial charge in [-0.05, 0) is 48.6 Å². The molecule has 0 bridgehead atoms. The summed E-state index contributed by atoms with van der Waals surface area (Å²) < 4.78 is 41.8. The van der Waals surface area contributed by atoms with Gasteiger partial charge in [-0.2, -0.15) is 13.2 Å². The van der Waals surface area contributed by atoms with E-state index in [0.29, 0.717) is 22.7 Å². The second-order valence-electron chi connectivity index (χ2n) is 9.07. The SMILES string of the molecule is Cc1ccc([C@H]2CC(=O)C3=C(C2)Nc2ccccc2N(C(=O)C(F)(F)F)[C@@H]3c2ccccc2Cl)cc1. The van der Waals surface area contributed by atoms with Crippen molar-refractivity contribution in [2.75, 3.05) is 10.2 Å². The van der Waals surface area contributed by atoms with Crippen molar-refractivity contribution in [3.8, 4) is 0 Å². The van der Waals surface area contributed by atoms with Gasteiger partial charge in [-0.3, -0.25) is 14.5 Å². The van der Waals surface area contributed by atoms with Crippen LogP contribution in [0.15, 0.2) is 84.1 Å². The maximum absolute atomic E-state index is 13.9. The first-order valence-electron chi connectivity index (χ1n) is 11.5. The molecule has 0 unspecified atom stereocenters. The van der Waals surface area contributed by atoms with Gasteiger partial charge in [-0.15, -0.1) is 0 Å². The second kappa shape index (κ2) is 9.13. The van der Waals surface area contributed by atoms with Gasteiger partial charge in [0.1, 0.15) is 0 Å². The maximum atomic E-state index is 13.9. The molecule has 2 aliphatic rings. The Morgan fingerprint density at radius 2 is 1.64 bits per heavy atom. The third-order valence-electron chi connectivity index (χ3n) is 6.70. The second-order valence-corrected chi connectivity index (χ2v) is 9.48. The number of anilines is 2. The molecule has 1 heterocycles. The van der Waals surface area contributed by atoms with Crippen LogP contribution in [0.3, 0.4) is 0 Å². The molecule has 0 aromatic heterocycles. The van der Waals surface area contributed by atoms with E-state index in [1.54, 1.807) is 42.5 Å². The van der Waals surface area contributed by atoms with Crippen molar-refractivity contribution in [3.63, 3.8) is 0 Å². The molecule has 1 aliphatic carbocycles. The van der Waals surface area contributed by atoms with Gasteiger partial charge in [-0.25, -0.2) is 0 Å². The molecule has 1 N–H and O–H groups in total. The van der Waals surface area contributed by atoms with E-state index in [9.17, 15) is 22.8 Å². The van der Waals surface area contributed by atoms with Gasteiger partial charge >= 0.3 is 12.1 Å². The molecule has 3 aromatic rings. The van der Waals surface area contributed by atoms with Crippen LogP contribution in [0.25, 0.3) is 0 Å². The van der Waals surface area contributed by atoms with E-state index in [4.69, 9.17) is 11.6 Å². The van der Waals surface area contributed by atoms with E-state index in [-0.39, 0.29) is 40.0 Å². The van der Waals surface area contributed by atoms with Crippen molar-refractivity contribution in [1.29, 1.82) is 0 Å². The molecule has 1 aliphatic heterocycles. The Morgan fingerprint density at radius 1 is 0.972 bits per heavy atom. The number of allylic oxidation sites excluding steroid dienone is 1. The number of nitrogens with one attached hydrogen (secondary N) is 1. The number of halogens is 4. The van der Waals surface area contributed by atoms with Crippen LogP contribution in [0.5, 0.6) is 0 Å². The fraction of sp³-hybridized carbons (Fsp3) is 0.214. The highest BCUT2D eigenvalue weighted by molar-refractivity contribution is 6.31. The number of nitrogens with zero attached hydrogens (tertiary/aromatic N) is 1. The summed E-state index contributed by atoms with van der Waals surface area (Å²) in [6.07, 6.45) is -4.66. The zero-order chi connectivity index (χ0) is 25.6. The van der Waals surface area contributed by atoms with Gasteiger partial charge in [0.05, 0.1) is 17.4 Å². The van der Waals surface area contributed by atoms with Gasteiger partial charge in [-0.1, -0.05) is 71.8 Å². The van der Waals surface area contributed by atoms with Crippen molar-refractivity contribution in [2.24, 2.45) is 0 Å². The molecule has 0 saturated heterocycles. The predicted molar refractivity (Wildman–Crippen MR) is 133 cm³/mol. The number of Topliss-reactive ketones (excluding diaryl/α,β-unsaturated/α-hetero) is 1. The lowest BCUT2D eigenvalue weighted by Crippen LogP contribution is -2.45. The maximum Gasteiger partial charge on any atom is 0.471 e. The number of para-hydroxylation sites is 2. The van der Waals surface area contributed by atoms with Gasteiger partial charge in [0, 0.05) is 22.7 Å². The molecule has 184 valence electrons. The first-order chi connectivity index (χ1) is 17.1. The van der Waals surface area contributed by atoms with E-state index in [2.05, 4.69) is 5.32 Å². The van der Waals surface area contributed by atoms with Crippen LogP contribution in [-0.4, -0.2) is 17.9 Å². The summed E-state index contributed by atoms with van der Waals surface area (Å²) >= 11 is 6.47. The van der Waals surface area contributed by atoms with Crippen LogP contribution in [0.2, 0.25) is 5.02 Å². The fourth-order valence-corrected chi connectivity index (χ4v) is 5.25. The monoisotopic (exact) mass is 510 g/mol. The lowest BCUT2D eigenvalue weighted by Gasteiger charge is -2.35. The number of amides is 1.